The Morgan fingerprint density at radius 3 is 1.79 bits per heavy atom. The summed E-state index contributed by atoms with van der Waals surface area (Å²) in [5.41, 5.74) is 4.96. The molecule has 0 saturated carbocycles. The van der Waals surface area contributed by atoms with Crippen LogP contribution in [0.1, 0.15) is 30.5 Å². The second kappa shape index (κ2) is 7.73. The molecular weight excluding hydrogens is 378 g/mol. The Balaban J connectivity index is 1.91. The zero-order valence-corrected chi connectivity index (χ0v) is 17.2. The van der Waals surface area contributed by atoms with Crippen molar-refractivity contribution in [1.82, 2.24) is 5.32 Å². The second-order valence-corrected chi connectivity index (χ2v) is 8.10. The van der Waals surface area contributed by atoms with Gasteiger partial charge in [0.05, 0.1) is 5.54 Å². The van der Waals surface area contributed by atoms with Crippen molar-refractivity contribution in [2.24, 2.45) is 0 Å². The zero-order valence-electron chi connectivity index (χ0n) is 16.4. The number of carbonyl (C=O) groups is 1. The molecule has 144 valence electrons. The first kappa shape index (κ1) is 19.2. The van der Waals surface area contributed by atoms with Gasteiger partial charge in [-0.05, 0) is 48.2 Å². The topological polar surface area (TPSA) is 29.1 Å². The molecule has 0 aromatic heterocycles. The third-order valence-corrected chi connectivity index (χ3v) is 5.38. The zero-order chi connectivity index (χ0) is 20.4. The number of rotatable bonds is 3. The largest absolute Gasteiger partial charge is 0.375 e. The maximum Gasteiger partial charge on any atom is 0.186 e. The summed E-state index contributed by atoms with van der Waals surface area (Å²) in [5, 5.41) is 4.24. The molecule has 0 atom stereocenters. The van der Waals surface area contributed by atoms with E-state index in [9.17, 15) is 4.79 Å². The molecule has 1 aliphatic rings. The maximum absolute atomic E-state index is 13.4. The molecule has 1 N–H and O–H groups in total. The molecule has 0 saturated heterocycles. The number of benzene rings is 3. The summed E-state index contributed by atoms with van der Waals surface area (Å²) in [6, 6.07) is 27.7. The van der Waals surface area contributed by atoms with Crippen LogP contribution in [0.4, 0.5) is 0 Å². The lowest BCUT2D eigenvalue weighted by molar-refractivity contribution is -0.112. The molecule has 1 heterocycles. The Morgan fingerprint density at radius 1 is 0.793 bits per heavy atom. The summed E-state index contributed by atoms with van der Waals surface area (Å²) in [7, 11) is 0. The lowest BCUT2D eigenvalue weighted by Gasteiger charge is -2.36. The van der Waals surface area contributed by atoms with Gasteiger partial charge >= 0.3 is 0 Å². The minimum atomic E-state index is -0.554. The van der Waals surface area contributed by atoms with E-state index < -0.39 is 5.54 Å². The molecule has 3 aromatic rings. The molecule has 1 aliphatic heterocycles. The number of carbonyl (C=O) groups excluding carboxylic acids is 1. The lowest BCUT2D eigenvalue weighted by Crippen LogP contribution is -2.46. The van der Waals surface area contributed by atoms with Crippen LogP contribution in [0, 0.1) is 0 Å². The number of hydrogen-bond acceptors (Lipinski definition) is 2. The molecular formula is C26H22ClNO. The lowest BCUT2D eigenvalue weighted by atomic mass is 9.78. The van der Waals surface area contributed by atoms with E-state index in [1.165, 1.54) is 0 Å². The first-order valence-electron chi connectivity index (χ1n) is 9.61. The second-order valence-electron chi connectivity index (χ2n) is 7.66. The van der Waals surface area contributed by atoms with Crippen LogP contribution >= 0.6 is 11.6 Å². The Labute approximate surface area is 176 Å². The molecule has 29 heavy (non-hydrogen) atoms. The average molecular weight is 400 g/mol. The van der Waals surface area contributed by atoms with Gasteiger partial charge in [0.25, 0.3) is 0 Å². The van der Waals surface area contributed by atoms with E-state index in [4.69, 9.17) is 11.6 Å². The van der Waals surface area contributed by atoms with Gasteiger partial charge in [0.2, 0.25) is 0 Å². The molecule has 4 rings (SSSR count). The quantitative estimate of drug-likeness (QED) is 0.536. The third kappa shape index (κ3) is 3.90. The fraction of sp³-hybridized carbons (Fsp3) is 0.115. The van der Waals surface area contributed by atoms with Crippen LogP contribution in [0.25, 0.3) is 11.3 Å². The van der Waals surface area contributed by atoms with E-state index in [0.717, 1.165) is 33.5 Å². The fourth-order valence-electron chi connectivity index (χ4n) is 3.83. The smallest absolute Gasteiger partial charge is 0.186 e. The van der Waals surface area contributed by atoms with Gasteiger partial charge in [0, 0.05) is 22.4 Å². The van der Waals surface area contributed by atoms with Crippen molar-refractivity contribution in [2.75, 3.05) is 0 Å². The molecule has 0 unspecified atom stereocenters. The molecule has 3 heteroatoms. The van der Waals surface area contributed by atoms with Crippen LogP contribution in [0.5, 0.6) is 0 Å². The summed E-state index contributed by atoms with van der Waals surface area (Å²) in [5.74, 6) is 0.0152. The van der Waals surface area contributed by atoms with E-state index in [1.807, 2.05) is 60.7 Å². The van der Waals surface area contributed by atoms with E-state index >= 15 is 0 Å². The van der Waals surface area contributed by atoms with Crippen molar-refractivity contribution in [2.45, 2.75) is 19.4 Å². The van der Waals surface area contributed by atoms with Gasteiger partial charge in [-0.25, -0.2) is 0 Å². The monoisotopic (exact) mass is 399 g/mol. The highest BCUT2D eigenvalue weighted by atomic mass is 35.5. The molecule has 0 radical (unpaired) electrons. The van der Waals surface area contributed by atoms with Gasteiger partial charge in [-0.15, -0.1) is 0 Å². The van der Waals surface area contributed by atoms with Gasteiger partial charge in [0.1, 0.15) is 0 Å². The van der Waals surface area contributed by atoms with Crippen molar-refractivity contribution in [3.63, 3.8) is 0 Å². The van der Waals surface area contributed by atoms with Crippen molar-refractivity contribution < 1.29 is 4.79 Å². The number of hydrogen-bond donors (Lipinski definition) is 1. The Bertz CT molecular complexity index is 1050. The van der Waals surface area contributed by atoms with Crippen LogP contribution in [0.15, 0.2) is 96.6 Å². The number of nitrogens with one attached hydrogen (secondary N) is 1. The molecule has 2 nitrogen and oxygen atoms in total. The standard InChI is InChI=1S/C26H22ClNO/c1-26(2)25(23(29)17-22(28-26)18-13-15-21(27)16-14-18)24(19-9-5-3-6-10-19)20-11-7-4-8-12-20/h3-17,28H,1-2H3. The van der Waals surface area contributed by atoms with Crippen LogP contribution in [0.3, 0.4) is 0 Å². The number of ketones is 1. The van der Waals surface area contributed by atoms with Crippen molar-refractivity contribution >= 4 is 28.7 Å². The van der Waals surface area contributed by atoms with Gasteiger partial charge < -0.3 is 5.32 Å². The molecule has 3 aromatic carbocycles. The third-order valence-electron chi connectivity index (χ3n) is 5.12. The fourth-order valence-corrected chi connectivity index (χ4v) is 3.96. The molecule has 0 bridgehead atoms. The first-order chi connectivity index (χ1) is 14.0. The number of allylic oxidation sites excluding steroid dienone is 1. The Hall–Kier alpha value is -3.10. The van der Waals surface area contributed by atoms with E-state index in [2.05, 4.69) is 43.4 Å². The molecule has 0 spiro atoms. The van der Waals surface area contributed by atoms with Gasteiger partial charge in [-0.2, -0.15) is 0 Å². The summed E-state index contributed by atoms with van der Waals surface area (Å²) in [6.45, 7) is 4.10. The van der Waals surface area contributed by atoms with Crippen LogP contribution in [-0.4, -0.2) is 11.3 Å². The van der Waals surface area contributed by atoms with Crippen molar-refractivity contribution in [3.8, 4) is 0 Å². The molecule has 0 fully saturated rings. The van der Waals surface area contributed by atoms with Crippen molar-refractivity contribution in [3.05, 3.63) is 118 Å². The summed E-state index contributed by atoms with van der Waals surface area (Å²) in [6.07, 6.45) is 1.69. The molecule has 0 amide bonds. The highest BCUT2D eigenvalue weighted by Crippen LogP contribution is 2.37. The van der Waals surface area contributed by atoms with Crippen LogP contribution < -0.4 is 5.32 Å². The summed E-state index contributed by atoms with van der Waals surface area (Å²) < 4.78 is 0. The van der Waals surface area contributed by atoms with Crippen LogP contribution in [-0.2, 0) is 4.79 Å². The van der Waals surface area contributed by atoms with Crippen LogP contribution in [0.2, 0.25) is 5.02 Å². The normalized spacial score (nSPS) is 15.5. The van der Waals surface area contributed by atoms with Gasteiger partial charge in [0.15, 0.2) is 5.78 Å². The summed E-state index contributed by atoms with van der Waals surface area (Å²) >= 11 is 6.02. The molecule has 0 aliphatic carbocycles. The predicted octanol–water partition coefficient (Wildman–Crippen LogP) is 6.13. The average Bonchev–Trinajstić information content (AvgIpc) is 2.72. The SMILES string of the molecule is CC1(C)NC(c2ccc(Cl)cc2)=CC(=O)C1=C(c1ccccc1)c1ccccc1. The predicted molar refractivity (Wildman–Crippen MR) is 121 cm³/mol. The summed E-state index contributed by atoms with van der Waals surface area (Å²) in [4.78, 5) is 13.4. The minimum Gasteiger partial charge on any atom is -0.375 e. The Morgan fingerprint density at radius 2 is 1.31 bits per heavy atom. The van der Waals surface area contributed by atoms with E-state index in [-0.39, 0.29) is 5.78 Å². The van der Waals surface area contributed by atoms with E-state index in [0.29, 0.717) is 5.02 Å². The van der Waals surface area contributed by atoms with Gasteiger partial charge in [-0.1, -0.05) is 84.4 Å². The highest BCUT2D eigenvalue weighted by molar-refractivity contribution is 6.30. The Kier molecular flexibility index (Phi) is 5.12. The first-order valence-corrected chi connectivity index (χ1v) is 9.99. The minimum absolute atomic E-state index is 0.0152. The maximum atomic E-state index is 13.4. The number of halogens is 1. The highest BCUT2D eigenvalue weighted by Gasteiger charge is 2.36. The van der Waals surface area contributed by atoms with E-state index in [1.54, 1.807) is 6.08 Å². The van der Waals surface area contributed by atoms with Crippen molar-refractivity contribution in [1.29, 1.82) is 0 Å². The van der Waals surface area contributed by atoms with Gasteiger partial charge in [-0.3, -0.25) is 4.79 Å².